The van der Waals surface area contributed by atoms with E-state index >= 15 is 0 Å². The van der Waals surface area contributed by atoms with Crippen molar-refractivity contribution in [3.8, 4) is 0 Å². The van der Waals surface area contributed by atoms with Crippen LogP contribution in [0.15, 0.2) is 36.4 Å². The number of likely N-dealkylation sites (N-methyl/N-ethyl adjacent to an activating group) is 1. The first-order valence-electron chi connectivity index (χ1n) is 5.10. The second-order valence-electron chi connectivity index (χ2n) is 3.66. The predicted molar refractivity (Wildman–Crippen MR) is 62.4 cm³/mol. The van der Waals surface area contributed by atoms with Gasteiger partial charge in [0.2, 0.25) is 0 Å². The Kier molecular flexibility index (Phi) is 3.90. The van der Waals surface area contributed by atoms with Crippen LogP contribution >= 0.6 is 0 Å². The summed E-state index contributed by atoms with van der Waals surface area (Å²) in [5, 5.41) is 3.26. The average Bonchev–Trinajstić information content (AvgIpc) is 2.19. The maximum absolute atomic E-state index is 3.98. The largest absolute Gasteiger partial charge is 0.310 e. The lowest BCUT2D eigenvalue weighted by Gasteiger charge is -2.16. The second kappa shape index (κ2) is 4.97. The Bertz CT molecular complexity index is 298. The van der Waals surface area contributed by atoms with E-state index in [2.05, 4.69) is 50.0 Å². The Hall–Kier alpha value is -1.08. The lowest BCUT2D eigenvalue weighted by atomic mass is 9.99. The standard InChI is InChI=1S/C13H19N/c1-5-11-6-8-12(9-7-11)13(14-4)10(2)3/h6-9,13-14H,2,5H2,1,3-4H3. The van der Waals surface area contributed by atoms with Gasteiger partial charge < -0.3 is 5.32 Å². The maximum atomic E-state index is 3.98. The SMILES string of the molecule is C=C(C)C(NC)c1ccc(CC)cc1. The maximum Gasteiger partial charge on any atom is 0.0528 e. The van der Waals surface area contributed by atoms with Crippen molar-refractivity contribution >= 4 is 0 Å². The molecular formula is C13H19N. The third-order valence-electron chi connectivity index (χ3n) is 2.50. The smallest absolute Gasteiger partial charge is 0.0528 e. The van der Waals surface area contributed by atoms with Crippen molar-refractivity contribution < 1.29 is 0 Å². The lowest BCUT2D eigenvalue weighted by Crippen LogP contribution is -2.16. The number of hydrogen-bond donors (Lipinski definition) is 1. The fraction of sp³-hybridized carbons (Fsp3) is 0.385. The van der Waals surface area contributed by atoms with E-state index in [0.29, 0.717) is 0 Å². The Morgan fingerprint density at radius 3 is 2.29 bits per heavy atom. The Morgan fingerprint density at radius 2 is 1.93 bits per heavy atom. The van der Waals surface area contributed by atoms with Gasteiger partial charge in [0, 0.05) is 0 Å². The van der Waals surface area contributed by atoms with Crippen LogP contribution in [0.1, 0.15) is 31.0 Å². The molecule has 0 aliphatic heterocycles. The van der Waals surface area contributed by atoms with Crippen molar-refractivity contribution in [1.29, 1.82) is 0 Å². The molecule has 0 spiro atoms. The molecule has 0 saturated carbocycles. The van der Waals surface area contributed by atoms with Gasteiger partial charge >= 0.3 is 0 Å². The average molecular weight is 189 g/mol. The zero-order valence-electron chi connectivity index (χ0n) is 9.30. The normalized spacial score (nSPS) is 12.5. The van der Waals surface area contributed by atoms with E-state index in [4.69, 9.17) is 0 Å². The van der Waals surface area contributed by atoms with Gasteiger partial charge in [-0.2, -0.15) is 0 Å². The molecule has 1 aromatic carbocycles. The first-order valence-corrected chi connectivity index (χ1v) is 5.10. The van der Waals surface area contributed by atoms with E-state index in [-0.39, 0.29) is 6.04 Å². The van der Waals surface area contributed by atoms with Gasteiger partial charge in [-0.25, -0.2) is 0 Å². The summed E-state index contributed by atoms with van der Waals surface area (Å²) in [6.07, 6.45) is 1.09. The monoisotopic (exact) mass is 189 g/mol. The molecule has 0 heterocycles. The molecule has 0 bridgehead atoms. The second-order valence-corrected chi connectivity index (χ2v) is 3.66. The van der Waals surface area contributed by atoms with Crippen molar-refractivity contribution in [2.24, 2.45) is 0 Å². The minimum Gasteiger partial charge on any atom is -0.310 e. The predicted octanol–water partition coefficient (Wildman–Crippen LogP) is 3.09. The van der Waals surface area contributed by atoms with E-state index in [1.165, 1.54) is 11.1 Å². The van der Waals surface area contributed by atoms with Gasteiger partial charge in [-0.05, 0) is 31.5 Å². The van der Waals surface area contributed by atoms with Crippen LogP contribution in [0.3, 0.4) is 0 Å². The highest BCUT2D eigenvalue weighted by Gasteiger charge is 2.08. The molecule has 0 radical (unpaired) electrons. The molecule has 1 rings (SSSR count). The highest BCUT2D eigenvalue weighted by molar-refractivity contribution is 5.29. The van der Waals surface area contributed by atoms with Crippen molar-refractivity contribution in [3.05, 3.63) is 47.5 Å². The van der Waals surface area contributed by atoms with Crippen LogP contribution in [0, 0.1) is 0 Å². The minimum atomic E-state index is 0.279. The molecule has 1 atom stereocenters. The number of rotatable bonds is 4. The molecular weight excluding hydrogens is 170 g/mol. The van der Waals surface area contributed by atoms with Crippen LogP contribution in [0.4, 0.5) is 0 Å². The fourth-order valence-corrected chi connectivity index (χ4v) is 1.64. The molecule has 1 N–H and O–H groups in total. The number of hydrogen-bond acceptors (Lipinski definition) is 1. The number of aryl methyl sites for hydroxylation is 1. The van der Waals surface area contributed by atoms with Crippen LogP contribution in [0.5, 0.6) is 0 Å². The molecule has 1 unspecified atom stereocenters. The van der Waals surface area contributed by atoms with Gasteiger partial charge in [-0.15, -0.1) is 0 Å². The van der Waals surface area contributed by atoms with Crippen molar-refractivity contribution in [2.75, 3.05) is 7.05 Å². The summed E-state index contributed by atoms with van der Waals surface area (Å²) < 4.78 is 0. The first-order chi connectivity index (χ1) is 6.69. The van der Waals surface area contributed by atoms with Crippen LogP contribution < -0.4 is 5.32 Å². The first kappa shape index (κ1) is 11.0. The number of benzene rings is 1. The molecule has 0 amide bonds. The third kappa shape index (κ3) is 2.46. The number of nitrogens with one attached hydrogen (secondary N) is 1. The van der Waals surface area contributed by atoms with Crippen LogP contribution in [0.25, 0.3) is 0 Å². The molecule has 1 heteroatoms. The fourth-order valence-electron chi connectivity index (χ4n) is 1.64. The van der Waals surface area contributed by atoms with Gasteiger partial charge in [0.15, 0.2) is 0 Å². The minimum absolute atomic E-state index is 0.279. The summed E-state index contributed by atoms with van der Waals surface area (Å²) in [6.45, 7) is 8.20. The Labute approximate surface area is 86.8 Å². The lowest BCUT2D eigenvalue weighted by molar-refractivity contribution is 0.679. The zero-order valence-corrected chi connectivity index (χ0v) is 9.30. The third-order valence-corrected chi connectivity index (χ3v) is 2.50. The molecule has 1 aromatic rings. The van der Waals surface area contributed by atoms with Crippen molar-refractivity contribution in [2.45, 2.75) is 26.3 Å². The molecule has 14 heavy (non-hydrogen) atoms. The van der Waals surface area contributed by atoms with Crippen molar-refractivity contribution in [1.82, 2.24) is 5.32 Å². The van der Waals surface area contributed by atoms with Gasteiger partial charge in [-0.3, -0.25) is 0 Å². The molecule has 0 aromatic heterocycles. The molecule has 76 valence electrons. The van der Waals surface area contributed by atoms with Gasteiger partial charge in [-0.1, -0.05) is 43.3 Å². The highest BCUT2D eigenvalue weighted by Crippen LogP contribution is 2.19. The topological polar surface area (TPSA) is 12.0 Å². The van der Waals surface area contributed by atoms with E-state index in [1.807, 2.05) is 7.05 Å². The summed E-state index contributed by atoms with van der Waals surface area (Å²) in [4.78, 5) is 0. The summed E-state index contributed by atoms with van der Waals surface area (Å²) in [7, 11) is 1.97. The summed E-state index contributed by atoms with van der Waals surface area (Å²) in [5.74, 6) is 0. The molecule has 0 saturated heterocycles. The van der Waals surface area contributed by atoms with E-state index in [1.54, 1.807) is 0 Å². The summed E-state index contributed by atoms with van der Waals surface area (Å²) in [6, 6.07) is 9.00. The molecule has 0 fully saturated rings. The quantitative estimate of drug-likeness (QED) is 0.718. The Morgan fingerprint density at radius 1 is 1.36 bits per heavy atom. The van der Waals surface area contributed by atoms with Gasteiger partial charge in [0.1, 0.15) is 0 Å². The van der Waals surface area contributed by atoms with Crippen molar-refractivity contribution in [3.63, 3.8) is 0 Å². The molecule has 0 aliphatic rings. The Balaban J connectivity index is 2.89. The van der Waals surface area contributed by atoms with Crippen LogP contribution in [-0.2, 0) is 6.42 Å². The van der Waals surface area contributed by atoms with E-state index in [9.17, 15) is 0 Å². The van der Waals surface area contributed by atoms with E-state index < -0.39 is 0 Å². The van der Waals surface area contributed by atoms with Crippen LogP contribution in [0.2, 0.25) is 0 Å². The molecule has 0 aliphatic carbocycles. The van der Waals surface area contributed by atoms with E-state index in [0.717, 1.165) is 12.0 Å². The van der Waals surface area contributed by atoms with Gasteiger partial charge in [0.05, 0.1) is 6.04 Å². The zero-order chi connectivity index (χ0) is 10.6. The van der Waals surface area contributed by atoms with Crippen LogP contribution in [-0.4, -0.2) is 7.05 Å². The summed E-state index contributed by atoms with van der Waals surface area (Å²) in [5.41, 5.74) is 3.82. The van der Waals surface area contributed by atoms with Gasteiger partial charge in [0.25, 0.3) is 0 Å². The highest BCUT2D eigenvalue weighted by atomic mass is 14.9. The molecule has 1 nitrogen and oxygen atoms in total. The summed E-state index contributed by atoms with van der Waals surface area (Å²) >= 11 is 0.